The summed E-state index contributed by atoms with van der Waals surface area (Å²) in [7, 11) is 0. The highest BCUT2D eigenvalue weighted by molar-refractivity contribution is 6.10. The third-order valence-corrected chi connectivity index (χ3v) is 8.88. The van der Waals surface area contributed by atoms with Gasteiger partial charge in [0.1, 0.15) is 0 Å². The molecule has 0 saturated heterocycles. The summed E-state index contributed by atoms with van der Waals surface area (Å²) in [6.45, 7) is 4.74. The van der Waals surface area contributed by atoms with E-state index in [1.165, 1.54) is 66.8 Å². The van der Waals surface area contributed by atoms with E-state index < -0.39 is 0 Å². The minimum Gasteiger partial charge on any atom is -0.313 e. The molecule has 2 unspecified atom stereocenters. The standard InChI is InChI=1S/C38H32N2/c1-25-17-19-37-32(21-25)34-24-28(22-26(2)38(34)40(37)30-13-7-4-8-14-30)27-18-20-36-33(23-27)31-15-9-10-16-35(31)39(36)29-11-5-3-6-12-29/h3-20,23-26H,21-22H2,1-2H3. The number of aromatic nitrogens is 2. The lowest BCUT2D eigenvalue weighted by Crippen LogP contribution is -2.10. The van der Waals surface area contributed by atoms with Crippen LogP contribution in [0.1, 0.15) is 54.3 Å². The molecule has 0 aliphatic heterocycles. The lowest BCUT2D eigenvalue weighted by molar-refractivity contribution is 0.713. The number of nitrogens with zero attached hydrogens (tertiary/aromatic N) is 2. The highest BCUT2D eigenvalue weighted by Gasteiger charge is 2.31. The van der Waals surface area contributed by atoms with Crippen molar-refractivity contribution in [1.82, 2.24) is 9.13 Å². The molecule has 6 aromatic rings. The number of benzene rings is 4. The van der Waals surface area contributed by atoms with Crippen molar-refractivity contribution in [3.8, 4) is 11.4 Å². The minimum absolute atomic E-state index is 0.422. The summed E-state index contributed by atoms with van der Waals surface area (Å²) in [5.74, 6) is 0.976. The summed E-state index contributed by atoms with van der Waals surface area (Å²) in [6.07, 6.45) is 9.37. The van der Waals surface area contributed by atoms with Crippen molar-refractivity contribution >= 4 is 39.5 Å². The first-order valence-corrected chi connectivity index (χ1v) is 14.5. The molecular weight excluding hydrogens is 484 g/mol. The van der Waals surface area contributed by atoms with Gasteiger partial charge in [0.25, 0.3) is 0 Å². The zero-order chi connectivity index (χ0) is 26.8. The van der Waals surface area contributed by atoms with E-state index in [1.807, 2.05) is 0 Å². The molecule has 0 amide bonds. The van der Waals surface area contributed by atoms with Crippen molar-refractivity contribution in [1.29, 1.82) is 0 Å². The van der Waals surface area contributed by atoms with Crippen molar-refractivity contribution < 1.29 is 0 Å². The summed E-state index contributed by atoms with van der Waals surface area (Å²) in [5.41, 5.74) is 13.5. The predicted octanol–water partition coefficient (Wildman–Crippen LogP) is 9.83. The van der Waals surface area contributed by atoms with Crippen molar-refractivity contribution in [3.63, 3.8) is 0 Å². The molecule has 2 aliphatic carbocycles. The Morgan fingerprint density at radius 1 is 0.650 bits per heavy atom. The molecule has 0 bridgehead atoms. The molecule has 8 rings (SSSR count). The van der Waals surface area contributed by atoms with Crippen LogP contribution in [0, 0.1) is 5.92 Å². The summed E-state index contributed by atoms with van der Waals surface area (Å²) < 4.78 is 4.93. The second-order valence-corrected chi connectivity index (χ2v) is 11.6. The molecule has 4 aromatic carbocycles. The second kappa shape index (κ2) is 8.99. The van der Waals surface area contributed by atoms with Crippen LogP contribution in [-0.4, -0.2) is 9.13 Å². The lowest BCUT2D eigenvalue weighted by Gasteiger charge is -2.24. The normalized spacial score (nSPS) is 18.1. The van der Waals surface area contributed by atoms with Crippen LogP contribution in [0.3, 0.4) is 0 Å². The van der Waals surface area contributed by atoms with Gasteiger partial charge in [-0.05, 0) is 90.1 Å². The van der Waals surface area contributed by atoms with Crippen LogP contribution in [0.2, 0.25) is 0 Å². The molecular formula is C38H32N2. The molecule has 40 heavy (non-hydrogen) atoms. The van der Waals surface area contributed by atoms with Gasteiger partial charge in [-0.25, -0.2) is 0 Å². The van der Waals surface area contributed by atoms with Crippen LogP contribution in [0.25, 0.3) is 50.9 Å². The maximum absolute atomic E-state index is 2.53. The van der Waals surface area contributed by atoms with E-state index in [4.69, 9.17) is 0 Å². The molecule has 2 aromatic heterocycles. The quantitative estimate of drug-likeness (QED) is 0.221. The Bertz CT molecular complexity index is 1960. The van der Waals surface area contributed by atoms with Gasteiger partial charge in [-0.3, -0.25) is 0 Å². The number of para-hydroxylation sites is 3. The van der Waals surface area contributed by atoms with Crippen molar-refractivity contribution in [2.75, 3.05) is 0 Å². The molecule has 0 saturated carbocycles. The Labute approximate surface area is 235 Å². The molecule has 2 nitrogen and oxygen atoms in total. The van der Waals surface area contributed by atoms with Gasteiger partial charge in [-0.15, -0.1) is 0 Å². The van der Waals surface area contributed by atoms with Gasteiger partial charge in [0, 0.05) is 45.0 Å². The molecule has 194 valence electrons. The molecule has 2 aliphatic rings. The summed E-state index contributed by atoms with van der Waals surface area (Å²) in [6, 6.07) is 37.5. The smallest absolute Gasteiger partial charge is 0.0541 e. The fourth-order valence-electron chi connectivity index (χ4n) is 7.10. The number of hydrogen-bond donors (Lipinski definition) is 0. The zero-order valence-electron chi connectivity index (χ0n) is 23.0. The van der Waals surface area contributed by atoms with E-state index in [2.05, 4.69) is 144 Å². The van der Waals surface area contributed by atoms with Gasteiger partial charge in [0.05, 0.1) is 11.0 Å². The minimum atomic E-state index is 0.422. The largest absolute Gasteiger partial charge is 0.313 e. The van der Waals surface area contributed by atoms with Crippen molar-refractivity contribution in [3.05, 3.63) is 137 Å². The average Bonchev–Trinajstić information content (AvgIpc) is 3.50. The zero-order valence-corrected chi connectivity index (χ0v) is 23.0. The highest BCUT2D eigenvalue weighted by atomic mass is 15.0. The number of rotatable bonds is 3. The molecule has 2 heterocycles. The lowest BCUT2D eigenvalue weighted by atomic mass is 9.82. The third kappa shape index (κ3) is 3.49. The predicted molar refractivity (Wildman–Crippen MR) is 169 cm³/mol. The molecule has 2 atom stereocenters. The third-order valence-electron chi connectivity index (χ3n) is 8.88. The first-order valence-electron chi connectivity index (χ1n) is 14.5. The fraction of sp³-hybridized carbons (Fsp3) is 0.158. The fourth-order valence-corrected chi connectivity index (χ4v) is 7.10. The maximum atomic E-state index is 2.53. The summed E-state index contributed by atoms with van der Waals surface area (Å²) in [4.78, 5) is 0. The molecule has 0 radical (unpaired) electrons. The van der Waals surface area contributed by atoms with E-state index >= 15 is 0 Å². The topological polar surface area (TPSA) is 9.86 Å². The van der Waals surface area contributed by atoms with Crippen LogP contribution in [0.4, 0.5) is 0 Å². The summed E-state index contributed by atoms with van der Waals surface area (Å²) >= 11 is 0. The Balaban J connectivity index is 1.33. The Morgan fingerprint density at radius 2 is 1.32 bits per heavy atom. The van der Waals surface area contributed by atoms with E-state index in [0.29, 0.717) is 11.8 Å². The molecule has 0 spiro atoms. The van der Waals surface area contributed by atoms with E-state index in [1.54, 1.807) is 0 Å². The Hall–Kier alpha value is -4.56. The van der Waals surface area contributed by atoms with Crippen LogP contribution >= 0.6 is 0 Å². The monoisotopic (exact) mass is 516 g/mol. The SMILES string of the molecule is CC1C=Cc2c(c3c(n2-c2ccccc2)C(C)CC(c2ccc4c(c2)c2ccccc2n4-c2ccccc2)=C3)C1. The van der Waals surface area contributed by atoms with Gasteiger partial charge in [-0.2, -0.15) is 0 Å². The van der Waals surface area contributed by atoms with Crippen LogP contribution in [-0.2, 0) is 6.42 Å². The number of hydrogen-bond acceptors (Lipinski definition) is 0. The first kappa shape index (κ1) is 23.3. The molecule has 0 fully saturated rings. The van der Waals surface area contributed by atoms with Gasteiger partial charge in [0.2, 0.25) is 0 Å². The highest BCUT2D eigenvalue weighted by Crippen LogP contribution is 2.46. The van der Waals surface area contributed by atoms with Gasteiger partial charge in [0.15, 0.2) is 0 Å². The molecule has 2 heteroatoms. The van der Waals surface area contributed by atoms with Crippen LogP contribution < -0.4 is 0 Å². The van der Waals surface area contributed by atoms with E-state index in [0.717, 1.165) is 12.8 Å². The Kier molecular flexibility index (Phi) is 5.25. The van der Waals surface area contributed by atoms with Gasteiger partial charge >= 0.3 is 0 Å². The second-order valence-electron chi connectivity index (χ2n) is 11.6. The first-order chi connectivity index (χ1) is 19.7. The van der Waals surface area contributed by atoms with Crippen LogP contribution in [0.15, 0.2) is 109 Å². The van der Waals surface area contributed by atoms with Crippen molar-refractivity contribution in [2.45, 2.75) is 32.6 Å². The maximum Gasteiger partial charge on any atom is 0.0541 e. The van der Waals surface area contributed by atoms with Crippen LogP contribution in [0.5, 0.6) is 0 Å². The average molecular weight is 517 g/mol. The van der Waals surface area contributed by atoms with Gasteiger partial charge in [-0.1, -0.05) is 80.6 Å². The number of fused-ring (bicyclic) bond motifs is 6. The molecule has 0 N–H and O–H groups in total. The van der Waals surface area contributed by atoms with Crippen molar-refractivity contribution in [2.24, 2.45) is 5.92 Å². The van der Waals surface area contributed by atoms with E-state index in [-0.39, 0.29) is 0 Å². The Morgan fingerprint density at radius 3 is 2.10 bits per heavy atom. The number of allylic oxidation sites excluding steroid dienone is 2. The summed E-state index contributed by atoms with van der Waals surface area (Å²) in [5, 5.41) is 2.62. The van der Waals surface area contributed by atoms with Gasteiger partial charge < -0.3 is 9.13 Å². The van der Waals surface area contributed by atoms with E-state index in [9.17, 15) is 0 Å².